The van der Waals surface area contributed by atoms with Crippen LogP contribution in [0.3, 0.4) is 0 Å². The second kappa shape index (κ2) is 5.46. The standard InChI is InChI=1S/C13H17N5O2/c19-18(20)10-3-4-11-12(8-10)17-13(16-11)15-9-2-1-6-14-7-5-9/h3-4,8-9,14H,1-2,5-7H2,(H2,15,16,17). The van der Waals surface area contributed by atoms with Gasteiger partial charge in [-0.2, -0.15) is 0 Å². The molecule has 0 amide bonds. The van der Waals surface area contributed by atoms with Crippen LogP contribution >= 0.6 is 0 Å². The molecular formula is C13H17N5O2. The number of nitrogens with zero attached hydrogens (tertiary/aromatic N) is 2. The minimum absolute atomic E-state index is 0.0753. The lowest BCUT2D eigenvalue weighted by atomic mass is 10.1. The van der Waals surface area contributed by atoms with E-state index in [0.717, 1.165) is 37.9 Å². The van der Waals surface area contributed by atoms with Gasteiger partial charge in [0.15, 0.2) is 0 Å². The number of rotatable bonds is 3. The Kier molecular flexibility index (Phi) is 3.51. The highest BCUT2D eigenvalue weighted by molar-refractivity contribution is 5.79. The maximum atomic E-state index is 10.8. The molecule has 2 aromatic rings. The third-order valence-electron chi connectivity index (χ3n) is 3.59. The van der Waals surface area contributed by atoms with E-state index in [4.69, 9.17) is 0 Å². The molecule has 0 radical (unpaired) electrons. The lowest BCUT2D eigenvalue weighted by Gasteiger charge is -2.14. The molecule has 0 saturated carbocycles. The fourth-order valence-corrected chi connectivity index (χ4v) is 2.54. The summed E-state index contributed by atoms with van der Waals surface area (Å²) in [6, 6.07) is 5.05. The Morgan fingerprint density at radius 3 is 3.10 bits per heavy atom. The average molecular weight is 275 g/mol. The van der Waals surface area contributed by atoms with Crippen LogP contribution in [0.2, 0.25) is 0 Å². The van der Waals surface area contributed by atoms with Gasteiger partial charge in [0.25, 0.3) is 5.69 Å². The summed E-state index contributed by atoms with van der Waals surface area (Å²) in [5, 5.41) is 17.5. The summed E-state index contributed by atoms with van der Waals surface area (Å²) in [4.78, 5) is 17.9. The highest BCUT2D eigenvalue weighted by Gasteiger charge is 2.14. The maximum absolute atomic E-state index is 10.8. The van der Waals surface area contributed by atoms with Crippen molar-refractivity contribution in [3.63, 3.8) is 0 Å². The van der Waals surface area contributed by atoms with Crippen molar-refractivity contribution < 1.29 is 4.92 Å². The van der Waals surface area contributed by atoms with Crippen LogP contribution in [0.25, 0.3) is 11.0 Å². The summed E-state index contributed by atoms with van der Waals surface area (Å²) in [6.07, 6.45) is 3.30. The smallest absolute Gasteiger partial charge is 0.271 e. The van der Waals surface area contributed by atoms with E-state index in [0.29, 0.717) is 17.5 Å². The largest absolute Gasteiger partial charge is 0.353 e. The van der Waals surface area contributed by atoms with Crippen molar-refractivity contribution in [2.45, 2.75) is 25.3 Å². The van der Waals surface area contributed by atoms with Crippen LogP contribution in [0, 0.1) is 10.1 Å². The first-order valence-corrected chi connectivity index (χ1v) is 6.84. The third-order valence-corrected chi connectivity index (χ3v) is 3.59. The van der Waals surface area contributed by atoms with Crippen LogP contribution in [-0.2, 0) is 0 Å². The SMILES string of the molecule is O=[N+]([O-])c1ccc2nc(NC3CCCNCC3)[nH]c2c1. The Morgan fingerprint density at radius 1 is 1.35 bits per heavy atom. The van der Waals surface area contributed by atoms with Gasteiger partial charge in [0.2, 0.25) is 5.95 Å². The van der Waals surface area contributed by atoms with E-state index in [9.17, 15) is 10.1 Å². The Balaban J connectivity index is 1.79. The van der Waals surface area contributed by atoms with Crippen LogP contribution in [-0.4, -0.2) is 34.0 Å². The number of benzene rings is 1. The Hall–Kier alpha value is -2.15. The molecule has 7 heteroatoms. The number of aromatic amines is 1. The van der Waals surface area contributed by atoms with Gasteiger partial charge in [-0.25, -0.2) is 4.98 Å². The fourth-order valence-electron chi connectivity index (χ4n) is 2.54. The van der Waals surface area contributed by atoms with Gasteiger partial charge in [0.05, 0.1) is 16.0 Å². The fraction of sp³-hybridized carbons (Fsp3) is 0.462. The summed E-state index contributed by atoms with van der Waals surface area (Å²) in [5.41, 5.74) is 1.50. The van der Waals surface area contributed by atoms with E-state index in [-0.39, 0.29) is 5.69 Å². The number of hydrogen-bond acceptors (Lipinski definition) is 5. The van der Waals surface area contributed by atoms with Crippen molar-refractivity contribution in [1.82, 2.24) is 15.3 Å². The molecule has 2 heterocycles. The molecule has 1 aromatic heterocycles. The summed E-state index contributed by atoms with van der Waals surface area (Å²) < 4.78 is 0. The van der Waals surface area contributed by atoms with Crippen LogP contribution in [0.1, 0.15) is 19.3 Å². The highest BCUT2D eigenvalue weighted by Crippen LogP contribution is 2.21. The molecule has 3 rings (SSSR count). The van der Waals surface area contributed by atoms with Gasteiger partial charge in [-0.3, -0.25) is 10.1 Å². The molecule has 7 nitrogen and oxygen atoms in total. The molecule has 1 atom stereocenters. The molecule has 0 spiro atoms. The zero-order valence-corrected chi connectivity index (χ0v) is 11.1. The van der Waals surface area contributed by atoms with Crippen molar-refractivity contribution in [2.75, 3.05) is 18.4 Å². The first kappa shape index (κ1) is 12.9. The van der Waals surface area contributed by atoms with E-state index in [2.05, 4.69) is 20.6 Å². The van der Waals surface area contributed by atoms with Gasteiger partial charge in [-0.15, -0.1) is 0 Å². The van der Waals surface area contributed by atoms with Gasteiger partial charge in [0.1, 0.15) is 0 Å². The molecule has 0 aliphatic carbocycles. The summed E-state index contributed by atoms with van der Waals surface area (Å²) in [5.74, 6) is 0.687. The quantitative estimate of drug-likeness (QED) is 0.588. The monoisotopic (exact) mass is 275 g/mol. The number of hydrogen-bond donors (Lipinski definition) is 3. The first-order chi connectivity index (χ1) is 9.72. The first-order valence-electron chi connectivity index (χ1n) is 6.84. The molecule has 1 aromatic carbocycles. The minimum Gasteiger partial charge on any atom is -0.353 e. The van der Waals surface area contributed by atoms with Crippen LogP contribution < -0.4 is 10.6 Å². The number of nitro benzene ring substituents is 1. The summed E-state index contributed by atoms with van der Waals surface area (Å²) in [6.45, 7) is 2.06. The molecule has 1 aliphatic heterocycles. The Labute approximate surface area is 115 Å². The van der Waals surface area contributed by atoms with Crippen molar-refractivity contribution in [3.05, 3.63) is 28.3 Å². The van der Waals surface area contributed by atoms with Crippen molar-refractivity contribution in [1.29, 1.82) is 0 Å². The van der Waals surface area contributed by atoms with Crippen molar-refractivity contribution in [2.24, 2.45) is 0 Å². The van der Waals surface area contributed by atoms with Crippen LogP contribution in [0.4, 0.5) is 11.6 Å². The molecule has 0 bridgehead atoms. The molecule has 1 fully saturated rings. The predicted octanol–water partition coefficient (Wildman–Crippen LogP) is 2.03. The van der Waals surface area contributed by atoms with Crippen molar-refractivity contribution >= 4 is 22.7 Å². The van der Waals surface area contributed by atoms with Gasteiger partial charge >= 0.3 is 0 Å². The van der Waals surface area contributed by atoms with Crippen LogP contribution in [0.5, 0.6) is 0 Å². The predicted molar refractivity (Wildman–Crippen MR) is 76.9 cm³/mol. The number of nitrogens with one attached hydrogen (secondary N) is 3. The van der Waals surface area contributed by atoms with Gasteiger partial charge in [-0.1, -0.05) is 0 Å². The molecule has 3 N–H and O–H groups in total. The van der Waals surface area contributed by atoms with E-state index in [1.165, 1.54) is 12.1 Å². The van der Waals surface area contributed by atoms with Crippen molar-refractivity contribution in [3.8, 4) is 0 Å². The Bertz CT molecular complexity index is 616. The summed E-state index contributed by atoms with van der Waals surface area (Å²) in [7, 11) is 0. The van der Waals surface area contributed by atoms with Gasteiger partial charge in [-0.05, 0) is 38.4 Å². The second-order valence-corrected chi connectivity index (χ2v) is 5.07. The number of non-ortho nitro benzene ring substituents is 1. The number of nitro groups is 1. The topological polar surface area (TPSA) is 95.9 Å². The molecular weight excluding hydrogens is 258 g/mol. The molecule has 1 unspecified atom stereocenters. The second-order valence-electron chi connectivity index (χ2n) is 5.07. The number of imidazole rings is 1. The average Bonchev–Trinajstić information content (AvgIpc) is 2.64. The van der Waals surface area contributed by atoms with Gasteiger partial charge in [0, 0.05) is 18.2 Å². The lowest BCUT2D eigenvalue weighted by Crippen LogP contribution is -2.22. The zero-order chi connectivity index (χ0) is 13.9. The third kappa shape index (κ3) is 2.72. The highest BCUT2D eigenvalue weighted by atomic mass is 16.6. The van der Waals surface area contributed by atoms with Crippen LogP contribution in [0.15, 0.2) is 18.2 Å². The normalized spacial score (nSPS) is 19.7. The summed E-state index contributed by atoms with van der Waals surface area (Å²) >= 11 is 0. The van der Waals surface area contributed by atoms with Gasteiger partial charge < -0.3 is 15.6 Å². The number of anilines is 1. The number of H-pyrrole nitrogens is 1. The molecule has 20 heavy (non-hydrogen) atoms. The van der Waals surface area contributed by atoms with E-state index in [1.54, 1.807) is 6.07 Å². The number of fused-ring (bicyclic) bond motifs is 1. The Morgan fingerprint density at radius 2 is 2.25 bits per heavy atom. The maximum Gasteiger partial charge on any atom is 0.271 e. The molecule has 106 valence electrons. The minimum atomic E-state index is -0.398. The van der Waals surface area contributed by atoms with E-state index < -0.39 is 4.92 Å². The molecule has 1 aliphatic rings. The lowest BCUT2D eigenvalue weighted by molar-refractivity contribution is -0.384. The van der Waals surface area contributed by atoms with E-state index >= 15 is 0 Å². The number of aromatic nitrogens is 2. The molecule has 1 saturated heterocycles. The van der Waals surface area contributed by atoms with E-state index in [1.807, 2.05) is 0 Å². The zero-order valence-electron chi connectivity index (χ0n) is 11.1.